The van der Waals surface area contributed by atoms with E-state index in [1.54, 1.807) is 0 Å². The van der Waals surface area contributed by atoms with E-state index in [4.69, 9.17) is 0 Å². The van der Waals surface area contributed by atoms with E-state index in [0.29, 0.717) is 16.7 Å². The third-order valence-corrected chi connectivity index (χ3v) is 7.56. The fraction of sp³-hybridized carbons (Fsp3) is 0.111. The van der Waals surface area contributed by atoms with E-state index >= 15 is 0 Å². The second-order valence-electron chi connectivity index (χ2n) is 9.87. The molecule has 0 radical (unpaired) electrons. The molecular formula is C36H29N3. The molecule has 5 rings (SSSR count). The smallest absolute Gasteiger partial charge is 0.102 e. The molecule has 5 aromatic rings. The third kappa shape index (κ3) is 4.79. The molecule has 0 aliphatic rings. The van der Waals surface area contributed by atoms with Crippen LogP contribution in [0.15, 0.2) is 97.1 Å². The lowest BCUT2D eigenvalue weighted by molar-refractivity contribution is 1.24. The van der Waals surface area contributed by atoms with Crippen molar-refractivity contribution in [3.8, 4) is 45.5 Å². The zero-order chi connectivity index (χ0) is 27.5. The Hall–Kier alpha value is -5.12. The number of hydrogen-bond acceptors (Lipinski definition) is 3. The van der Waals surface area contributed by atoms with Gasteiger partial charge in [0.05, 0.1) is 22.9 Å². The minimum atomic E-state index is 0.502. The van der Waals surface area contributed by atoms with Crippen molar-refractivity contribution in [3.05, 3.63) is 130 Å². The van der Waals surface area contributed by atoms with Crippen molar-refractivity contribution in [3.63, 3.8) is 0 Å². The maximum atomic E-state index is 10.1. The number of aryl methyl sites for hydroxylation is 1. The second-order valence-corrected chi connectivity index (χ2v) is 9.87. The molecule has 0 aliphatic carbocycles. The summed E-state index contributed by atoms with van der Waals surface area (Å²) < 4.78 is 0. The zero-order valence-corrected chi connectivity index (χ0v) is 22.6. The molecule has 5 aromatic carbocycles. The van der Waals surface area contributed by atoms with Crippen molar-refractivity contribution in [1.29, 1.82) is 10.5 Å². The molecule has 188 valence electrons. The van der Waals surface area contributed by atoms with Gasteiger partial charge in [-0.15, -0.1) is 0 Å². The van der Waals surface area contributed by atoms with Gasteiger partial charge in [-0.2, -0.15) is 10.5 Å². The highest BCUT2D eigenvalue weighted by Gasteiger charge is 2.19. The fourth-order valence-corrected chi connectivity index (χ4v) is 5.16. The fourth-order valence-electron chi connectivity index (χ4n) is 5.16. The van der Waals surface area contributed by atoms with Gasteiger partial charge < -0.3 is 5.32 Å². The summed E-state index contributed by atoms with van der Waals surface area (Å²) in [6, 6.07) is 38.4. The average Bonchev–Trinajstić information content (AvgIpc) is 2.97. The van der Waals surface area contributed by atoms with Crippen molar-refractivity contribution in [2.45, 2.75) is 27.7 Å². The minimum absolute atomic E-state index is 0.502. The first-order chi connectivity index (χ1) is 18.9. The van der Waals surface area contributed by atoms with Gasteiger partial charge in [0, 0.05) is 11.3 Å². The van der Waals surface area contributed by atoms with Gasteiger partial charge in [0.25, 0.3) is 0 Å². The first kappa shape index (κ1) is 25.5. The molecule has 0 atom stereocenters. The maximum absolute atomic E-state index is 10.1. The van der Waals surface area contributed by atoms with E-state index in [-0.39, 0.29) is 0 Å². The van der Waals surface area contributed by atoms with Crippen LogP contribution in [-0.2, 0) is 0 Å². The van der Waals surface area contributed by atoms with Crippen molar-refractivity contribution >= 4 is 11.4 Å². The Labute approximate surface area is 230 Å². The Morgan fingerprint density at radius 2 is 1.05 bits per heavy atom. The predicted octanol–water partition coefficient (Wildman–Crippen LogP) is 9.41. The summed E-state index contributed by atoms with van der Waals surface area (Å²) in [5.41, 5.74) is 13.1. The number of nitriles is 2. The largest absolute Gasteiger partial charge is 0.354 e. The van der Waals surface area contributed by atoms with Crippen molar-refractivity contribution in [2.24, 2.45) is 0 Å². The van der Waals surface area contributed by atoms with Gasteiger partial charge in [-0.25, -0.2) is 0 Å². The summed E-state index contributed by atoms with van der Waals surface area (Å²) in [6.45, 7) is 7.89. The summed E-state index contributed by atoms with van der Waals surface area (Å²) in [5.74, 6) is 0. The Morgan fingerprint density at radius 3 is 1.62 bits per heavy atom. The normalized spacial score (nSPS) is 10.5. The molecule has 0 bridgehead atoms. The van der Waals surface area contributed by atoms with Crippen LogP contribution >= 0.6 is 0 Å². The topological polar surface area (TPSA) is 59.6 Å². The van der Waals surface area contributed by atoms with E-state index in [0.717, 1.165) is 61.4 Å². The van der Waals surface area contributed by atoms with Crippen LogP contribution in [0.1, 0.15) is 33.4 Å². The highest BCUT2D eigenvalue weighted by atomic mass is 14.9. The standard InChI is InChI=1S/C36H29N3/c1-23-15-16-29(27-11-7-5-8-12-27)19-31(23)32-20-30(28-13-9-6-10-14-28)17-18-35(32)39-36-25(3)24(2)33(21-37)26(4)34(36)22-38/h5-20,39H,1-4H3. The molecule has 0 spiro atoms. The Bertz CT molecular complexity index is 1770. The van der Waals surface area contributed by atoms with Crippen molar-refractivity contribution in [1.82, 2.24) is 0 Å². The molecule has 3 nitrogen and oxygen atoms in total. The van der Waals surface area contributed by atoms with E-state index in [1.165, 1.54) is 0 Å². The molecule has 1 N–H and O–H groups in total. The molecule has 0 fully saturated rings. The number of rotatable bonds is 5. The number of nitrogens with one attached hydrogen (secondary N) is 1. The van der Waals surface area contributed by atoms with Gasteiger partial charge in [0.2, 0.25) is 0 Å². The van der Waals surface area contributed by atoms with Crippen LogP contribution in [0.3, 0.4) is 0 Å². The molecule has 0 amide bonds. The van der Waals surface area contributed by atoms with Gasteiger partial charge in [-0.3, -0.25) is 0 Å². The van der Waals surface area contributed by atoms with Crippen molar-refractivity contribution in [2.75, 3.05) is 5.32 Å². The first-order valence-electron chi connectivity index (χ1n) is 13.0. The molecule has 39 heavy (non-hydrogen) atoms. The number of benzene rings is 5. The van der Waals surface area contributed by atoms with E-state index in [9.17, 15) is 10.5 Å². The number of nitrogens with zero attached hydrogens (tertiary/aromatic N) is 2. The van der Waals surface area contributed by atoms with Crippen LogP contribution < -0.4 is 5.32 Å². The first-order valence-corrected chi connectivity index (χ1v) is 13.0. The van der Waals surface area contributed by atoms with Crippen LogP contribution in [0.2, 0.25) is 0 Å². The van der Waals surface area contributed by atoms with Crippen LogP contribution in [0, 0.1) is 50.4 Å². The van der Waals surface area contributed by atoms with Gasteiger partial charge >= 0.3 is 0 Å². The maximum Gasteiger partial charge on any atom is 0.102 e. The third-order valence-electron chi connectivity index (χ3n) is 7.56. The molecule has 3 heteroatoms. The van der Waals surface area contributed by atoms with Crippen LogP contribution in [0.4, 0.5) is 11.4 Å². The van der Waals surface area contributed by atoms with Crippen LogP contribution in [0.25, 0.3) is 33.4 Å². The number of hydrogen-bond donors (Lipinski definition) is 1. The lowest BCUT2D eigenvalue weighted by Crippen LogP contribution is -2.05. The predicted molar refractivity (Wildman–Crippen MR) is 161 cm³/mol. The minimum Gasteiger partial charge on any atom is -0.354 e. The van der Waals surface area contributed by atoms with E-state index in [1.807, 2.05) is 45.0 Å². The summed E-state index contributed by atoms with van der Waals surface area (Å²) >= 11 is 0. The molecule has 0 saturated heterocycles. The lowest BCUT2D eigenvalue weighted by atomic mass is 9.90. The Kier molecular flexibility index (Phi) is 7.00. The Balaban J connectivity index is 1.74. The molecule has 0 unspecified atom stereocenters. The van der Waals surface area contributed by atoms with Gasteiger partial charge in [0.1, 0.15) is 6.07 Å². The zero-order valence-electron chi connectivity index (χ0n) is 22.6. The lowest BCUT2D eigenvalue weighted by Gasteiger charge is -2.21. The van der Waals surface area contributed by atoms with Crippen LogP contribution in [0.5, 0.6) is 0 Å². The van der Waals surface area contributed by atoms with Gasteiger partial charge in [-0.05, 0) is 96.0 Å². The second kappa shape index (κ2) is 10.7. The van der Waals surface area contributed by atoms with E-state index in [2.05, 4.69) is 97.2 Å². The molecule has 0 saturated carbocycles. The van der Waals surface area contributed by atoms with Gasteiger partial charge in [0.15, 0.2) is 0 Å². The summed E-state index contributed by atoms with van der Waals surface area (Å²) in [5, 5.41) is 23.5. The monoisotopic (exact) mass is 503 g/mol. The highest BCUT2D eigenvalue weighted by Crippen LogP contribution is 2.40. The molecule has 0 heterocycles. The average molecular weight is 504 g/mol. The number of anilines is 2. The van der Waals surface area contributed by atoms with Gasteiger partial charge in [-0.1, -0.05) is 78.9 Å². The van der Waals surface area contributed by atoms with E-state index < -0.39 is 0 Å². The molecular weight excluding hydrogens is 474 g/mol. The summed E-state index contributed by atoms with van der Waals surface area (Å²) in [7, 11) is 0. The molecule has 0 aromatic heterocycles. The quantitative estimate of drug-likeness (QED) is 0.260. The van der Waals surface area contributed by atoms with Crippen LogP contribution in [-0.4, -0.2) is 0 Å². The molecule has 0 aliphatic heterocycles. The Morgan fingerprint density at radius 1 is 0.513 bits per heavy atom. The summed E-state index contributed by atoms with van der Waals surface area (Å²) in [4.78, 5) is 0. The highest BCUT2D eigenvalue weighted by molar-refractivity contribution is 5.90. The SMILES string of the molecule is Cc1ccc(-c2ccccc2)cc1-c1cc(-c2ccccc2)ccc1Nc1c(C)c(C)c(C#N)c(C)c1C#N. The summed E-state index contributed by atoms with van der Waals surface area (Å²) in [6.07, 6.45) is 0. The van der Waals surface area contributed by atoms with Crippen molar-refractivity contribution < 1.29 is 0 Å².